The number of fused-ring (bicyclic) bond motifs is 3. The summed E-state index contributed by atoms with van der Waals surface area (Å²) in [5.74, 6) is -1.49. The second-order valence-corrected chi connectivity index (χ2v) is 17.8. The monoisotopic (exact) mass is 714 g/mol. The summed E-state index contributed by atoms with van der Waals surface area (Å²) in [5.41, 5.74) is 2.80. The number of amides is 2. The standard InChI is InChI=1S/C40H50N4O6S/c1-4-43-33-18-11-10-17-32(33)41-38(43)50-31-23-34-35(45)25-40(37(47)42-51(48,49)39(3)19-20-39)24-30(40)16-9-7-5-6-8-15-29(36(46)44(34)26-31)22-28-14-12-13-27(2)21-28/h9-14,16-18,21,29-31,34H,4-8,15,19-20,22-26H2,1-3H3,(H,42,47)/b16-9-/t29-,30+,31-,34+,40-/m1/s1. The van der Waals surface area contributed by atoms with Gasteiger partial charge in [0.1, 0.15) is 6.10 Å². The summed E-state index contributed by atoms with van der Waals surface area (Å²) in [7, 11) is -3.89. The number of aryl methyl sites for hydroxylation is 2. The van der Waals surface area contributed by atoms with E-state index in [1.165, 1.54) is 0 Å². The summed E-state index contributed by atoms with van der Waals surface area (Å²) in [6.45, 7) is 6.58. The molecule has 10 nitrogen and oxygen atoms in total. The number of sulfonamides is 1. The highest BCUT2D eigenvalue weighted by Crippen LogP contribution is 2.57. The molecular formula is C40H50N4O6S. The van der Waals surface area contributed by atoms with Gasteiger partial charge in [-0.3, -0.25) is 23.7 Å². The van der Waals surface area contributed by atoms with Gasteiger partial charge in [0.05, 0.1) is 33.8 Å². The highest BCUT2D eigenvalue weighted by molar-refractivity contribution is 7.91. The number of hydrogen-bond acceptors (Lipinski definition) is 7. The third kappa shape index (κ3) is 7.10. The molecular weight excluding hydrogens is 665 g/mol. The van der Waals surface area contributed by atoms with E-state index in [-0.39, 0.29) is 42.9 Å². The summed E-state index contributed by atoms with van der Waals surface area (Å²) in [6, 6.07) is 15.7. The third-order valence-electron chi connectivity index (χ3n) is 11.7. The van der Waals surface area contributed by atoms with Gasteiger partial charge in [-0.1, -0.05) is 67.0 Å². The Bertz CT molecular complexity index is 1970. The minimum atomic E-state index is -3.89. The molecule has 51 heavy (non-hydrogen) atoms. The van der Waals surface area contributed by atoms with Crippen LogP contribution < -0.4 is 9.46 Å². The lowest BCUT2D eigenvalue weighted by Crippen LogP contribution is -2.47. The number of ether oxygens (including phenoxy) is 1. The molecule has 2 aromatic carbocycles. The molecule has 3 fully saturated rings. The maximum atomic E-state index is 14.7. The maximum Gasteiger partial charge on any atom is 0.297 e. The smallest absolute Gasteiger partial charge is 0.297 e. The van der Waals surface area contributed by atoms with Gasteiger partial charge in [-0.15, -0.1) is 0 Å². The van der Waals surface area contributed by atoms with E-state index in [4.69, 9.17) is 9.72 Å². The molecule has 0 spiro atoms. The van der Waals surface area contributed by atoms with Gasteiger partial charge in [0.2, 0.25) is 21.8 Å². The second kappa shape index (κ2) is 13.9. The molecule has 0 bridgehead atoms. The van der Waals surface area contributed by atoms with Crippen LogP contribution in [-0.2, 0) is 37.4 Å². The first-order valence-electron chi connectivity index (χ1n) is 18.7. The fourth-order valence-corrected chi connectivity index (χ4v) is 9.47. The van der Waals surface area contributed by atoms with E-state index in [1.54, 1.807) is 11.8 Å². The van der Waals surface area contributed by atoms with E-state index in [0.717, 1.165) is 47.8 Å². The highest BCUT2D eigenvalue weighted by atomic mass is 32.2. The topological polar surface area (TPSA) is 128 Å². The molecule has 272 valence electrons. The molecule has 2 aliphatic carbocycles. The summed E-state index contributed by atoms with van der Waals surface area (Å²) in [4.78, 5) is 49.6. The van der Waals surface area contributed by atoms with Crippen molar-refractivity contribution in [1.29, 1.82) is 0 Å². The van der Waals surface area contributed by atoms with Crippen LogP contribution in [0.5, 0.6) is 6.01 Å². The molecule has 1 saturated heterocycles. The Morgan fingerprint density at radius 3 is 2.65 bits per heavy atom. The Balaban J connectivity index is 1.20. The van der Waals surface area contributed by atoms with Gasteiger partial charge in [-0.05, 0) is 89.3 Å². The maximum absolute atomic E-state index is 14.7. The van der Waals surface area contributed by atoms with Crippen LogP contribution in [0, 0.1) is 24.2 Å². The molecule has 0 unspecified atom stereocenters. The Hall–Kier alpha value is -3.99. The lowest BCUT2D eigenvalue weighted by Gasteiger charge is -2.29. The van der Waals surface area contributed by atoms with Crippen molar-refractivity contribution in [2.75, 3.05) is 6.54 Å². The van der Waals surface area contributed by atoms with Crippen molar-refractivity contribution in [3.63, 3.8) is 0 Å². The van der Waals surface area contributed by atoms with Gasteiger partial charge < -0.3 is 9.64 Å². The number of carbonyl (C=O) groups is 3. The number of benzene rings is 2. The van der Waals surface area contributed by atoms with E-state index in [9.17, 15) is 22.8 Å². The van der Waals surface area contributed by atoms with Crippen LogP contribution in [-0.4, -0.2) is 63.9 Å². The number of imidazole rings is 1. The van der Waals surface area contributed by atoms with Gasteiger partial charge in [-0.2, -0.15) is 4.98 Å². The van der Waals surface area contributed by atoms with Gasteiger partial charge in [-0.25, -0.2) is 8.42 Å². The van der Waals surface area contributed by atoms with Crippen molar-refractivity contribution < 1.29 is 27.5 Å². The van der Waals surface area contributed by atoms with Crippen LogP contribution in [0.1, 0.15) is 89.2 Å². The zero-order valence-electron chi connectivity index (χ0n) is 30.0. The number of Topliss-reactive ketones (excluding diaryl/α,β-unsaturated/α-hetero) is 1. The normalized spacial score (nSPS) is 28.6. The van der Waals surface area contributed by atoms with Crippen LogP contribution in [0.3, 0.4) is 0 Å². The Labute approximate surface area is 301 Å². The molecule has 3 heterocycles. The number of nitrogens with zero attached hydrogens (tertiary/aromatic N) is 3. The predicted molar refractivity (Wildman–Crippen MR) is 195 cm³/mol. The lowest BCUT2D eigenvalue weighted by molar-refractivity contribution is -0.142. The van der Waals surface area contributed by atoms with E-state index in [0.29, 0.717) is 44.7 Å². The van der Waals surface area contributed by atoms with Crippen molar-refractivity contribution >= 4 is 38.7 Å². The number of rotatable bonds is 8. The number of aromatic nitrogens is 2. The highest BCUT2D eigenvalue weighted by Gasteiger charge is 2.62. The molecule has 1 aromatic heterocycles. The number of nitrogens with one attached hydrogen (secondary N) is 1. The summed E-state index contributed by atoms with van der Waals surface area (Å²) >= 11 is 0. The molecule has 2 amide bonds. The first-order chi connectivity index (χ1) is 24.4. The second-order valence-electron chi connectivity index (χ2n) is 15.6. The zero-order valence-corrected chi connectivity index (χ0v) is 30.8. The number of allylic oxidation sites excluding steroid dienone is 2. The molecule has 2 aliphatic heterocycles. The molecule has 2 saturated carbocycles. The van der Waals surface area contributed by atoms with E-state index < -0.39 is 38.2 Å². The number of ketones is 1. The van der Waals surface area contributed by atoms with Crippen LogP contribution >= 0.6 is 0 Å². The van der Waals surface area contributed by atoms with Crippen molar-refractivity contribution in [2.45, 2.75) is 115 Å². The van der Waals surface area contributed by atoms with Crippen LogP contribution in [0.4, 0.5) is 0 Å². The van der Waals surface area contributed by atoms with E-state index in [1.807, 2.05) is 60.9 Å². The van der Waals surface area contributed by atoms with Crippen molar-refractivity contribution in [3.05, 3.63) is 71.8 Å². The quantitative estimate of drug-likeness (QED) is 0.281. The first-order valence-corrected chi connectivity index (χ1v) is 20.2. The Kier molecular flexibility index (Phi) is 9.62. The third-order valence-corrected chi connectivity index (χ3v) is 13.9. The first kappa shape index (κ1) is 35.4. The SMILES string of the molecule is CCn1c(O[C@@H]2C[C@H]3C(=O)C[C@]4(C(=O)NS(=O)(=O)C5(C)CC5)C[C@@H]4/C=C\CCCCC[C@H](Cc4cccc(C)c4)C(=O)N3C2)nc2ccccc21. The predicted octanol–water partition coefficient (Wildman–Crippen LogP) is 6.06. The number of hydrogen-bond donors (Lipinski definition) is 1. The summed E-state index contributed by atoms with van der Waals surface area (Å²) < 4.78 is 36.3. The van der Waals surface area contributed by atoms with E-state index >= 15 is 0 Å². The molecule has 1 N–H and O–H groups in total. The number of para-hydroxylation sites is 2. The average Bonchev–Trinajstić information content (AvgIpc) is 3.92. The summed E-state index contributed by atoms with van der Waals surface area (Å²) in [6.07, 6.45) is 9.98. The largest absolute Gasteiger partial charge is 0.459 e. The van der Waals surface area contributed by atoms with Crippen molar-refractivity contribution in [1.82, 2.24) is 19.2 Å². The molecule has 3 aromatic rings. The van der Waals surface area contributed by atoms with Gasteiger partial charge in [0.25, 0.3) is 6.01 Å². The minimum Gasteiger partial charge on any atom is -0.459 e. The fourth-order valence-electron chi connectivity index (χ4n) is 8.14. The number of carbonyl (C=O) groups excluding carboxylic acids is 3. The molecule has 4 aliphatic rings. The minimum absolute atomic E-state index is 0.0759. The summed E-state index contributed by atoms with van der Waals surface area (Å²) in [5, 5.41) is 0. The van der Waals surface area contributed by atoms with Crippen LogP contribution in [0.25, 0.3) is 11.0 Å². The van der Waals surface area contributed by atoms with Crippen molar-refractivity contribution in [2.24, 2.45) is 17.3 Å². The van der Waals surface area contributed by atoms with E-state index in [2.05, 4.69) is 22.9 Å². The molecule has 5 atom stereocenters. The van der Waals surface area contributed by atoms with Crippen LogP contribution in [0.15, 0.2) is 60.7 Å². The molecule has 0 radical (unpaired) electrons. The van der Waals surface area contributed by atoms with Crippen molar-refractivity contribution in [3.8, 4) is 6.01 Å². The lowest BCUT2D eigenvalue weighted by atomic mass is 9.89. The Morgan fingerprint density at radius 2 is 1.88 bits per heavy atom. The average molecular weight is 715 g/mol. The molecule has 7 rings (SSSR count). The Morgan fingerprint density at radius 1 is 1.08 bits per heavy atom. The fraction of sp³-hybridized carbons (Fsp3) is 0.550. The van der Waals surface area contributed by atoms with Crippen LogP contribution in [0.2, 0.25) is 0 Å². The van der Waals surface area contributed by atoms with Gasteiger partial charge >= 0.3 is 0 Å². The zero-order chi connectivity index (χ0) is 36.0. The van der Waals surface area contributed by atoms with Gasteiger partial charge in [0, 0.05) is 25.3 Å². The van der Waals surface area contributed by atoms with Gasteiger partial charge in [0.15, 0.2) is 5.78 Å². The molecule has 11 heteroatoms.